The average Bonchev–Trinajstić information content (AvgIpc) is 2.36. The molecule has 8 heteroatoms. The third-order valence-corrected chi connectivity index (χ3v) is 2.90. The fraction of sp³-hybridized carbons (Fsp3) is 0.455. The molecule has 1 aromatic carbocycles. The van der Waals surface area contributed by atoms with Crippen molar-refractivity contribution in [2.75, 3.05) is 20.2 Å². The van der Waals surface area contributed by atoms with Crippen LogP contribution < -0.4 is 14.8 Å². The molecule has 0 heterocycles. The van der Waals surface area contributed by atoms with Gasteiger partial charge < -0.3 is 15.2 Å². The molecule has 4 N–H and O–H groups in total. The molecule has 0 fully saturated rings. The summed E-state index contributed by atoms with van der Waals surface area (Å²) in [4.78, 5) is 0. The van der Waals surface area contributed by atoms with Gasteiger partial charge in [-0.1, -0.05) is 12.1 Å². The maximum absolute atomic E-state index is 10.4. The van der Waals surface area contributed by atoms with Gasteiger partial charge in [0.2, 0.25) is 0 Å². The van der Waals surface area contributed by atoms with E-state index in [0.29, 0.717) is 6.54 Å². The topological polar surface area (TPSA) is 108 Å². The van der Waals surface area contributed by atoms with Crippen molar-refractivity contribution in [3.05, 3.63) is 29.8 Å². The monoisotopic (exact) mass is 290 g/mol. The Labute approximate surface area is 112 Å². The molecule has 0 saturated heterocycles. The van der Waals surface area contributed by atoms with Crippen LogP contribution in [0.5, 0.6) is 5.75 Å². The molecule has 7 nitrogen and oxygen atoms in total. The van der Waals surface area contributed by atoms with E-state index >= 15 is 0 Å². The zero-order valence-corrected chi connectivity index (χ0v) is 11.4. The van der Waals surface area contributed by atoms with Crippen LogP contribution in [0, 0.1) is 0 Å². The van der Waals surface area contributed by atoms with Gasteiger partial charge in [0.05, 0.1) is 13.2 Å². The van der Waals surface area contributed by atoms with Gasteiger partial charge in [0, 0.05) is 19.6 Å². The standard InChI is InChI=1S/C11H18N2O5S/c1-18-11-4-2-9(3-5-11)6-12-7-10(14)8-13-19(15,16)17/h2-5,10,12-14H,6-8H2,1H3,(H,15,16,17). The Morgan fingerprint density at radius 1 is 1.26 bits per heavy atom. The molecule has 0 saturated carbocycles. The maximum Gasteiger partial charge on any atom is 0.333 e. The van der Waals surface area contributed by atoms with Crippen LogP contribution in [0.15, 0.2) is 24.3 Å². The molecule has 19 heavy (non-hydrogen) atoms. The second kappa shape index (κ2) is 7.41. The normalized spacial score (nSPS) is 13.2. The summed E-state index contributed by atoms with van der Waals surface area (Å²) < 4.78 is 36.1. The molecule has 1 rings (SSSR count). The van der Waals surface area contributed by atoms with E-state index in [2.05, 4.69) is 5.32 Å². The summed E-state index contributed by atoms with van der Waals surface area (Å²) in [5, 5.41) is 12.4. The van der Waals surface area contributed by atoms with Crippen LogP contribution in [0.2, 0.25) is 0 Å². The van der Waals surface area contributed by atoms with Gasteiger partial charge in [0.15, 0.2) is 0 Å². The van der Waals surface area contributed by atoms with Gasteiger partial charge in [0.1, 0.15) is 5.75 Å². The Kier molecular flexibility index (Phi) is 6.19. The second-order valence-corrected chi connectivity index (χ2v) is 5.20. The van der Waals surface area contributed by atoms with Gasteiger partial charge in [-0.25, -0.2) is 0 Å². The minimum absolute atomic E-state index is 0.203. The first-order valence-electron chi connectivity index (χ1n) is 5.64. The fourth-order valence-corrected chi connectivity index (χ4v) is 1.80. The number of hydrogen-bond donors (Lipinski definition) is 4. The van der Waals surface area contributed by atoms with Crippen molar-refractivity contribution < 1.29 is 22.8 Å². The molecule has 0 spiro atoms. The van der Waals surface area contributed by atoms with E-state index < -0.39 is 16.4 Å². The molecule has 1 unspecified atom stereocenters. The highest BCUT2D eigenvalue weighted by molar-refractivity contribution is 7.83. The van der Waals surface area contributed by atoms with Crippen molar-refractivity contribution >= 4 is 10.3 Å². The van der Waals surface area contributed by atoms with Gasteiger partial charge in [-0.05, 0) is 17.7 Å². The van der Waals surface area contributed by atoms with Gasteiger partial charge in [-0.2, -0.15) is 13.1 Å². The molecule has 1 atom stereocenters. The van der Waals surface area contributed by atoms with Gasteiger partial charge in [-0.3, -0.25) is 4.55 Å². The molecule has 0 bridgehead atoms. The first kappa shape index (κ1) is 15.9. The molecule has 0 aromatic heterocycles. The second-order valence-electron chi connectivity index (χ2n) is 3.96. The molecule has 0 aliphatic rings. The van der Waals surface area contributed by atoms with E-state index in [-0.39, 0.29) is 13.1 Å². The first-order valence-corrected chi connectivity index (χ1v) is 7.08. The van der Waals surface area contributed by atoms with E-state index in [9.17, 15) is 13.5 Å². The van der Waals surface area contributed by atoms with E-state index in [1.807, 2.05) is 24.3 Å². The molecule has 0 aliphatic heterocycles. The SMILES string of the molecule is COc1ccc(CNCC(O)CNS(=O)(=O)O)cc1. The van der Waals surface area contributed by atoms with Crippen molar-refractivity contribution in [2.24, 2.45) is 0 Å². The predicted octanol–water partition coefficient (Wildman–Crippen LogP) is -0.462. The summed E-state index contributed by atoms with van der Waals surface area (Å²) in [6.45, 7) is 0.496. The van der Waals surface area contributed by atoms with Crippen LogP contribution in [0.4, 0.5) is 0 Å². The third-order valence-electron chi connectivity index (χ3n) is 2.37. The predicted molar refractivity (Wildman–Crippen MR) is 70.3 cm³/mol. The van der Waals surface area contributed by atoms with Crippen LogP contribution in [-0.4, -0.2) is 44.4 Å². The van der Waals surface area contributed by atoms with Crippen LogP contribution in [0.3, 0.4) is 0 Å². The fourth-order valence-electron chi connectivity index (χ4n) is 1.40. The number of methoxy groups -OCH3 is 1. The molecule has 0 aliphatic carbocycles. The lowest BCUT2D eigenvalue weighted by atomic mass is 10.2. The van der Waals surface area contributed by atoms with Crippen molar-refractivity contribution in [3.63, 3.8) is 0 Å². The Balaban J connectivity index is 2.25. The lowest BCUT2D eigenvalue weighted by Gasteiger charge is -2.11. The Hall–Kier alpha value is -1.19. The van der Waals surface area contributed by atoms with Crippen molar-refractivity contribution in [2.45, 2.75) is 12.6 Å². The lowest BCUT2D eigenvalue weighted by Crippen LogP contribution is -2.37. The van der Waals surface area contributed by atoms with E-state index in [4.69, 9.17) is 9.29 Å². The molecule has 0 radical (unpaired) electrons. The number of ether oxygens (including phenoxy) is 1. The Morgan fingerprint density at radius 3 is 2.42 bits per heavy atom. The maximum atomic E-state index is 10.4. The van der Waals surface area contributed by atoms with Gasteiger partial charge in [-0.15, -0.1) is 0 Å². The minimum atomic E-state index is -4.26. The van der Waals surface area contributed by atoms with Crippen molar-refractivity contribution in [3.8, 4) is 5.75 Å². The van der Waals surface area contributed by atoms with Gasteiger partial charge in [0.25, 0.3) is 0 Å². The lowest BCUT2D eigenvalue weighted by molar-refractivity contribution is 0.174. The molecule has 0 amide bonds. The number of benzene rings is 1. The summed E-state index contributed by atoms with van der Waals surface area (Å²) in [7, 11) is -2.67. The zero-order valence-electron chi connectivity index (χ0n) is 10.5. The number of rotatable bonds is 8. The molecular formula is C11H18N2O5S. The number of aliphatic hydroxyl groups is 1. The first-order chi connectivity index (χ1) is 8.90. The van der Waals surface area contributed by atoms with Crippen molar-refractivity contribution in [1.29, 1.82) is 0 Å². The minimum Gasteiger partial charge on any atom is -0.497 e. The third kappa shape index (κ3) is 7.09. The summed E-state index contributed by atoms with van der Waals surface area (Å²) >= 11 is 0. The van der Waals surface area contributed by atoms with E-state index in [1.165, 1.54) is 0 Å². The molecule has 108 valence electrons. The van der Waals surface area contributed by atoms with Crippen LogP contribution in [-0.2, 0) is 16.8 Å². The Bertz CT molecular complexity index is 474. The number of aliphatic hydroxyl groups excluding tert-OH is 1. The van der Waals surface area contributed by atoms with Crippen LogP contribution in [0.1, 0.15) is 5.56 Å². The van der Waals surface area contributed by atoms with E-state index in [0.717, 1.165) is 11.3 Å². The Morgan fingerprint density at radius 2 is 1.89 bits per heavy atom. The van der Waals surface area contributed by atoms with Crippen LogP contribution >= 0.6 is 0 Å². The summed E-state index contributed by atoms with van der Waals surface area (Å²) in [5.74, 6) is 0.765. The average molecular weight is 290 g/mol. The van der Waals surface area contributed by atoms with Gasteiger partial charge >= 0.3 is 10.3 Å². The largest absolute Gasteiger partial charge is 0.497 e. The molecule has 1 aromatic rings. The van der Waals surface area contributed by atoms with Crippen molar-refractivity contribution in [1.82, 2.24) is 10.0 Å². The smallest absolute Gasteiger partial charge is 0.333 e. The number of hydrogen-bond acceptors (Lipinski definition) is 5. The number of nitrogens with one attached hydrogen (secondary N) is 2. The highest BCUT2D eigenvalue weighted by atomic mass is 32.2. The highest BCUT2D eigenvalue weighted by Crippen LogP contribution is 2.10. The summed E-state index contributed by atoms with van der Waals surface area (Å²) in [6, 6.07) is 7.42. The quantitative estimate of drug-likeness (QED) is 0.482. The summed E-state index contributed by atoms with van der Waals surface area (Å²) in [6.07, 6.45) is -0.917. The summed E-state index contributed by atoms with van der Waals surface area (Å²) in [5.41, 5.74) is 1.01. The zero-order chi connectivity index (χ0) is 14.3. The highest BCUT2D eigenvalue weighted by Gasteiger charge is 2.08. The van der Waals surface area contributed by atoms with E-state index in [1.54, 1.807) is 11.8 Å². The van der Waals surface area contributed by atoms with Crippen LogP contribution in [0.25, 0.3) is 0 Å². The molecular weight excluding hydrogens is 272 g/mol.